The standard InChI is InChI=1S/C25H24Cl2N2O2/c1-17-6-11-22(21(27)14-17)29-13-12-28(16-23(29)18-7-9-20(26)10-8-18)25(31)15-19-4-2-3-5-24(19)30/h2-11,14,23,30H,12-13,15-16H2,1H3. The maximum atomic E-state index is 13.1. The van der Waals surface area contributed by atoms with Gasteiger partial charge in [-0.25, -0.2) is 0 Å². The summed E-state index contributed by atoms with van der Waals surface area (Å²) in [6, 6.07) is 20.7. The molecule has 1 aliphatic rings. The van der Waals surface area contributed by atoms with Crippen LogP contribution in [0.2, 0.25) is 10.0 Å². The molecule has 0 aliphatic carbocycles. The topological polar surface area (TPSA) is 43.8 Å². The van der Waals surface area contributed by atoms with Crippen LogP contribution >= 0.6 is 23.2 Å². The van der Waals surface area contributed by atoms with E-state index >= 15 is 0 Å². The van der Waals surface area contributed by atoms with Crippen LogP contribution in [0.3, 0.4) is 0 Å². The van der Waals surface area contributed by atoms with Crippen molar-refractivity contribution in [3.8, 4) is 5.75 Å². The third-order valence-corrected chi connectivity index (χ3v) is 6.29. The van der Waals surface area contributed by atoms with Crippen LogP contribution in [0.5, 0.6) is 5.75 Å². The summed E-state index contributed by atoms with van der Waals surface area (Å²) in [5.74, 6) is 0.144. The van der Waals surface area contributed by atoms with Gasteiger partial charge in [0.1, 0.15) is 5.75 Å². The highest BCUT2D eigenvalue weighted by molar-refractivity contribution is 6.33. The number of hydrogen-bond acceptors (Lipinski definition) is 3. The average Bonchev–Trinajstić information content (AvgIpc) is 2.76. The molecule has 31 heavy (non-hydrogen) atoms. The Bertz CT molecular complexity index is 1090. The molecular weight excluding hydrogens is 431 g/mol. The summed E-state index contributed by atoms with van der Waals surface area (Å²) < 4.78 is 0. The lowest BCUT2D eigenvalue weighted by Gasteiger charge is -2.43. The van der Waals surface area contributed by atoms with E-state index in [4.69, 9.17) is 23.2 Å². The average molecular weight is 455 g/mol. The number of rotatable bonds is 4. The van der Waals surface area contributed by atoms with Crippen LogP contribution in [0, 0.1) is 6.92 Å². The number of phenols is 1. The van der Waals surface area contributed by atoms with Gasteiger partial charge in [-0.2, -0.15) is 0 Å². The van der Waals surface area contributed by atoms with E-state index in [1.807, 2.05) is 54.3 Å². The molecule has 1 aliphatic heterocycles. The van der Waals surface area contributed by atoms with Crippen LogP contribution in [0.25, 0.3) is 0 Å². The van der Waals surface area contributed by atoms with E-state index in [1.54, 1.807) is 18.2 Å². The monoisotopic (exact) mass is 454 g/mol. The smallest absolute Gasteiger partial charge is 0.227 e. The maximum absolute atomic E-state index is 13.1. The molecule has 1 N–H and O–H groups in total. The van der Waals surface area contributed by atoms with Crippen molar-refractivity contribution in [2.45, 2.75) is 19.4 Å². The summed E-state index contributed by atoms with van der Waals surface area (Å²) in [7, 11) is 0. The minimum atomic E-state index is -0.0560. The molecule has 0 aromatic heterocycles. The van der Waals surface area contributed by atoms with E-state index in [-0.39, 0.29) is 24.1 Å². The maximum Gasteiger partial charge on any atom is 0.227 e. The summed E-state index contributed by atoms with van der Waals surface area (Å²) in [5.41, 5.74) is 3.77. The fourth-order valence-corrected chi connectivity index (χ4v) is 4.52. The van der Waals surface area contributed by atoms with Crippen molar-refractivity contribution >= 4 is 34.8 Å². The summed E-state index contributed by atoms with van der Waals surface area (Å²) >= 11 is 12.7. The Morgan fingerprint density at radius 3 is 2.48 bits per heavy atom. The Hall–Kier alpha value is -2.69. The number of para-hydroxylation sites is 1. The van der Waals surface area contributed by atoms with Gasteiger partial charge < -0.3 is 14.9 Å². The first-order valence-corrected chi connectivity index (χ1v) is 11.0. The predicted molar refractivity (Wildman–Crippen MR) is 126 cm³/mol. The SMILES string of the molecule is Cc1ccc(N2CCN(C(=O)Cc3ccccc3O)CC2c2ccc(Cl)cc2)c(Cl)c1. The molecule has 4 nitrogen and oxygen atoms in total. The number of benzene rings is 3. The summed E-state index contributed by atoms with van der Waals surface area (Å²) in [4.78, 5) is 17.2. The lowest BCUT2D eigenvalue weighted by molar-refractivity contribution is -0.131. The number of carbonyl (C=O) groups excluding carboxylic acids is 1. The molecule has 0 radical (unpaired) electrons. The summed E-state index contributed by atoms with van der Waals surface area (Å²) in [5, 5.41) is 11.4. The predicted octanol–water partition coefficient (Wildman–Crippen LogP) is 5.64. The minimum Gasteiger partial charge on any atom is -0.508 e. The first kappa shape index (κ1) is 21.5. The Morgan fingerprint density at radius 1 is 1.03 bits per heavy atom. The number of nitrogens with zero attached hydrogens (tertiary/aromatic N) is 2. The zero-order valence-corrected chi connectivity index (χ0v) is 18.8. The van der Waals surface area contributed by atoms with E-state index in [0.717, 1.165) is 16.8 Å². The molecule has 6 heteroatoms. The van der Waals surface area contributed by atoms with Crippen molar-refractivity contribution in [2.24, 2.45) is 0 Å². The number of anilines is 1. The second kappa shape index (κ2) is 9.21. The molecule has 0 bridgehead atoms. The van der Waals surface area contributed by atoms with Crippen LogP contribution < -0.4 is 4.90 Å². The summed E-state index contributed by atoms with van der Waals surface area (Å²) in [6.45, 7) is 3.78. The number of aryl methyl sites for hydroxylation is 1. The van der Waals surface area contributed by atoms with Gasteiger partial charge in [0.2, 0.25) is 5.91 Å². The van der Waals surface area contributed by atoms with Gasteiger partial charge in [0.25, 0.3) is 0 Å². The van der Waals surface area contributed by atoms with Gasteiger partial charge in [-0.3, -0.25) is 4.79 Å². The van der Waals surface area contributed by atoms with Crippen molar-refractivity contribution in [3.63, 3.8) is 0 Å². The molecule has 0 saturated carbocycles. The third-order valence-electron chi connectivity index (χ3n) is 5.73. The van der Waals surface area contributed by atoms with E-state index in [2.05, 4.69) is 11.0 Å². The molecule has 1 heterocycles. The van der Waals surface area contributed by atoms with E-state index in [1.165, 1.54) is 0 Å². The fraction of sp³-hybridized carbons (Fsp3) is 0.240. The van der Waals surface area contributed by atoms with Crippen LogP contribution in [0.4, 0.5) is 5.69 Å². The van der Waals surface area contributed by atoms with E-state index < -0.39 is 0 Å². The number of halogens is 2. The number of amides is 1. The Morgan fingerprint density at radius 2 is 1.77 bits per heavy atom. The van der Waals surface area contributed by atoms with E-state index in [9.17, 15) is 9.90 Å². The first-order chi connectivity index (χ1) is 14.9. The highest BCUT2D eigenvalue weighted by atomic mass is 35.5. The molecule has 1 amide bonds. The lowest BCUT2D eigenvalue weighted by Crippen LogP contribution is -2.51. The van der Waals surface area contributed by atoms with Crippen LogP contribution in [-0.2, 0) is 11.2 Å². The van der Waals surface area contributed by atoms with Gasteiger partial charge in [-0.1, -0.05) is 59.6 Å². The minimum absolute atomic E-state index is 0.00452. The molecule has 1 atom stereocenters. The van der Waals surface area contributed by atoms with Gasteiger partial charge in [0, 0.05) is 30.2 Å². The molecule has 1 unspecified atom stereocenters. The largest absolute Gasteiger partial charge is 0.508 e. The molecule has 1 fully saturated rings. The Balaban J connectivity index is 1.61. The van der Waals surface area contributed by atoms with Crippen LogP contribution in [0.15, 0.2) is 66.7 Å². The summed E-state index contributed by atoms with van der Waals surface area (Å²) in [6.07, 6.45) is 0.172. The first-order valence-electron chi connectivity index (χ1n) is 10.3. The van der Waals surface area contributed by atoms with Gasteiger partial charge in [-0.15, -0.1) is 0 Å². The molecule has 3 aromatic rings. The third kappa shape index (κ3) is 4.81. The Kier molecular flexibility index (Phi) is 6.40. The highest BCUT2D eigenvalue weighted by Crippen LogP contribution is 2.36. The number of piperazine rings is 1. The number of phenolic OH excluding ortho intramolecular Hbond substituents is 1. The van der Waals surface area contributed by atoms with Gasteiger partial charge in [0.05, 0.1) is 23.2 Å². The van der Waals surface area contributed by atoms with E-state index in [0.29, 0.717) is 35.2 Å². The van der Waals surface area contributed by atoms with Crippen molar-refractivity contribution in [2.75, 3.05) is 24.5 Å². The normalized spacial score (nSPS) is 16.4. The molecular formula is C25H24Cl2N2O2. The van der Waals surface area contributed by atoms with Gasteiger partial charge >= 0.3 is 0 Å². The van der Waals surface area contributed by atoms with Crippen molar-refractivity contribution in [1.82, 2.24) is 4.90 Å². The number of hydrogen-bond donors (Lipinski definition) is 1. The van der Waals surface area contributed by atoms with Gasteiger partial charge in [0.15, 0.2) is 0 Å². The quantitative estimate of drug-likeness (QED) is 0.554. The lowest BCUT2D eigenvalue weighted by atomic mass is 10.00. The zero-order chi connectivity index (χ0) is 22.0. The number of aromatic hydroxyl groups is 1. The highest BCUT2D eigenvalue weighted by Gasteiger charge is 2.32. The van der Waals surface area contributed by atoms with Crippen LogP contribution in [0.1, 0.15) is 22.7 Å². The van der Waals surface area contributed by atoms with Crippen molar-refractivity contribution in [1.29, 1.82) is 0 Å². The van der Waals surface area contributed by atoms with Crippen molar-refractivity contribution in [3.05, 3.63) is 93.5 Å². The molecule has 4 rings (SSSR count). The van der Waals surface area contributed by atoms with Gasteiger partial charge in [-0.05, 0) is 48.4 Å². The Labute approximate surface area is 192 Å². The number of carbonyl (C=O) groups is 1. The fourth-order valence-electron chi connectivity index (χ4n) is 4.05. The zero-order valence-electron chi connectivity index (χ0n) is 17.3. The molecule has 3 aromatic carbocycles. The molecule has 160 valence electrons. The second-order valence-electron chi connectivity index (χ2n) is 7.86. The molecule has 0 spiro atoms. The van der Waals surface area contributed by atoms with Crippen molar-refractivity contribution < 1.29 is 9.90 Å². The second-order valence-corrected chi connectivity index (χ2v) is 8.70. The molecule has 1 saturated heterocycles. The van der Waals surface area contributed by atoms with Crippen LogP contribution in [-0.4, -0.2) is 35.5 Å².